The van der Waals surface area contributed by atoms with Gasteiger partial charge in [0.1, 0.15) is 11.6 Å². The van der Waals surface area contributed by atoms with Gasteiger partial charge in [-0.25, -0.2) is 9.97 Å². The number of nitrogens with zero attached hydrogens (tertiary/aromatic N) is 3. The average molecular weight is 376 g/mol. The van der Waals surface area contributed by atoms with Crippen molar-refractivity contribution in [1.29, 1.82) is 0 Å². The molecule has 1 aliphatic heterocycles. The molecule has 2 heterocycles. The molecule has 0 unspecified atom stereocenters. The highest BCUT2D eigenvalue weighted by molar-refractivity contribution is 5.77. The van der Waals surface area contributed by atoms with Crippen molar-refractivity contribution in [1.82, 2.24) is 20.2 Å². The minimum atomic E-state index is -0.829. The number of hydrogen-bond donors (Lipinski definition) is 3. The predicted octanol–water partition coefficient (Wildman–Crippen LogP) is 2.03. The summed E-state index contributed by atoms with van der Waals surface area (Å²) in [6, 6.07) is 1.90. The van der Waals surface area contributed by atoms with E-state index in [1.54, 1.807) is 11.9 Å². The molecule has 1 amide bonds. The van der Waals surface area contributed by atoms with E-state index >= 15 is 0 Å². The molecule has 0 radical (unpaired) electrons. The van der Waals surface area contributed by atoms with Crippen molar-refractivity contribution in [2.45, 2.75) is 69.4 Å². The van der Waals surface area contributed by atoms with Crippen molar-refractivity contribution in [3.8, 4) is 0 Å². The Morgan fingerprint density at radius 3 is 2.78 bits per heavy atom. The Kier molecular flexibility index (Phi) is 6.65. The SMILES string of the molecule is CNc1cc(CN(C)C(=O)CC2(O)CCCCC2)nc([C@@H]2CCCNC2)n1. The molecule has 0 bridgehead atoms. The molecular formula is C20H33N5O2. The molecule has 2 fully saturated rings. The van der Waals surface area contributed by atoms with Crippen LogP contribution in [0.5, 0.6) is 0 Å². The molecule has 2 aliphatic rings. The zero-order valence-electron chi connectivity index (χ0n) is 16.6. The lowest BCUT2D eigenvalue weighted by Crippen LogP contribution is -2.39. The van der Waals surface area contributed by atoms with Gasteiger partial charge in [-0.1, -0.05) is 19.3 Å². The molecule has 150 valence electrons. The molecule has 27 heavy (non-hydrogen) atoms. The molecule has 7 nitrogen and oxygen atoms in total. The first-order valence-electron chi connectivity index (χ1n) is 10.2. The van der Waals surface area contributed by atoms with Gasteiger partial charge in [0.05, 0.1) is 24.3 Å². The number of aliphatic hydroxyl groups is 1. The van der Waals surface area contributed by atoms with Crippen molar-refractivity contribution in [3.05, 3.63) is 17.6 Å². The fourth-order valence-corrected chi connectivity index (χ4v) is 4.12. The molecule has 3 rings (SSSR count). The topological polar surface area (TPSA) is 90.4 Å². The van der Waals surface area contributed by atoms with Crippen LogP contribution in [0.2, 0.25) is 0 Å². The first-order valence-corrected chi connectivity index (χ1v) is 10.2. The lowest BCUT2D eigenvalue weighted by atomic mass is 9.82. The van der Waals surface area contributed by atoms with Gasteiger partial charge >= 0.3 is 0 Å². The van der Waals surface area contributed by atoms with E-state index in [0.29, 0.717) is 12.5 Å². The minimum absolute atomic E-state index is 0.0232. The summed E-state index contributed by atoms with van der Waals surface area (Å²) in [5.41, 5.74) is 0.00560. The fourth-order valence-electron chi connectivity index (χ4n) is 4.12. The maximum Gasteiger partial charge on any atom is 0.225 e. The molecule has 0 aromatic carbocycles. The van der Waals surface area contributed by atoms with Gasteiger partial charge in [-0.05, 0) is 32.2 Å². The molecule has 1 aromatic rings. The summed E-state index contributed by atoms with van der Waals surface area (Å²) in [5.74, 6) is 1.92. The Morgan fingerprint density at radius 1 is 1.33 bits per heavy atom. The number of rotatable bonds is 6. The number of anilines is 1. The maximum absolute atomic E-state index is 12.7. The van der Waals surface area contributed by atoms with Gasteiger partial charge in [0.2, 0.25) is 5.91 Å². The maximum atomic E-state index is 12.7. The lowest BCUT2D eigenvalue weighted by molar-refractivity contribution is -0.137. The van der Waals surface area contributed by atoms with Crippen LogP contribution in [0.1, 0.15) is 68.8 Å². The molecule has 1 aromatic heterocycles. The van der Waals surface area contributed by atoms with Crippen LogP contribution in [-0.2, 0) is 11.3 Å². The number of amides is 1. The quantitative estimate of drug-likeness (QED) is 0.705. The van der Waals surface area contributed by atoms with E-state index in [9.17, 15) is 9.90 Å². The van der Waals surface area contributed by atoms with Crippen molar-refractivity contribution in [3.63, 3.8) is 0 Å². The van der Waals surface area contributed by atoms with E-state index in [-0.39, 0.29) is 12.3 Å². The van der Waals surface area contributed by atoms with E-state index < -0.39 is 5.60 Å². The monoisotopic (exact) mass is 375 g/mol. The summed E-state index contributed by atoms with van der Waals surface area (Å²) < 4.78 is 0. The normalized spacial score (nSPS) is 22.3. The van der Waals surface area contributed by atoms with Gasteiger partial charge in [0.25, 0.3) is 0 Å². The van der Waals surface area contributed by atoms with E-state index in [0.717, 1.165) is 75.4 Å². The van der Waals surface area contributed by atoms with Crippen LogP contribution in [0.4, 0.5) is 5.82 Å². The van der Waals surface area contributed by atoms with Crippen molar-refractivity contribution >= 4 is 11.7 Å². The highest BCUT2D eigenvalue weighted by atomic mass is 16.3. The fraction of sp³-hybridized carbons (Fsp3) is 0.750. The van der Waals surface area contributed by atoms with Gasteiger partial charge in [0.15, 0.2) is 0 Å². The average Bonchev–Trinajstić information content (AvgIpc) is 2.68. The van der Waals surface area contributed by atoms with Gasteiger partial charge in [-0.3, -0.25) is 4.79 Å². The second-order valence-corrected chi connectivity index (χ2v) is 8.11. The molecule has 0 spiro atoms. The van der Waals surface area contributed by atoms with E-state index in [4.69, 9.17) is 4.98 Å². The van der Waals surface area contributed by atoms with Crippen LogP contribution in [-0.4, -0.2) is 58.7 Å². The van der Waals surface area contributed by atoms with Crippen LogP contribution >= 0.6 is 0 Å². The van der Waals surface area contributed by atoms with Crippen LogP contribution < -0.4 is 10.6 Å². The number of nitrogens with one attached hydrogen (secondary N) is 2. The van der Waals surface area contributed by atoms with Crippen molar-refractivity contribution in [2.24, 2.45) is 0 Å². The summed E-state index contributed by atoms with van der Waals surface area (Å²) in [5, 5.41) is 17.2. The molecule has 3 N–H and O–H groups in total. The van der Waals surface area contributed by atoms with E-state index in [2.05, 4.69) is 15.6 Å². The van der Waals surface area contributed by atoms with Crippen LogP contribution in [0, 0.1) is 0 Å². The number of hydrogen-bond acceptors (Lipinski definition) is 6. The Hall–Kier alpha value is -1.73. The minimum Gasteiger partial charge on any atom is -0.389 e. The lowest BCUT2D eigenvalue weighted by Gasteiger charge is -2.32. The summed E-state index contributed by atoms with van der Waals surface area (Å²) >= 11 is 0. The molecular weight excluding hydrogens is 342 g/mol. The van der Waals surface area contributed by atoms with Crippen molar-refractivity contribution < 1.29 is 9.90 Å². The number of carbonyl (C=O) groups is 1. The second kappa shape index (κ2) is 8.97. The molecule has 7 heteroatoms. The third-order valence-electron chi connectivity index (χ3n) is 5.80. The van der Waals surface area contributed by atoms with Gasteiger partial charge in [0, 0.05) is 32.6 Å². The molecule has 1 saturated heterocycles. The summed E-state index contributed by atoms with van der Waals surface area (Å²) in [6.45, 7) is 2.38. The Labute approximate surface area is 162 Å². The van der Waals surface area contributed by atoms with Crippen LogP contribution in [0.25, 0.3) is 0 Å². The third-order valence-corrected chi connectivity index (χ3v) is 5.80. The first-order chi connectivity index (χ1) is 13.0. The van der Waals surface area contributed by atoms with Gasteiger partial charge < -0.3 is 20.6 Å². The summed E-state index contributed by atoms with van der Waals surface area (Å²) in [7, 11) is 3.64. The third kappa shape index (κ3) is 5.39. The number of aromatic nitrogens is 2. The molecule has 1 atom stereocenters. The van der Waals surface area contributed by atoms with Crippen LogP contribution in [0.3, 0.4) is 0 Å². The number of piperidine rings is 1. The van der Waals surface area contributed by atoms with Gasteiger partial charge in [-0.2, -0.15) is 0 Å². The first kappa shape index (κ1) is 20.0. The summed E-state index contributed by atoms with van der Waals surface area (Å²) in [6.07, 6.45) is 7.02. The standard InChI is InChI=1S/C20H33N5O2/c1-21-17-11-16(23-19(24-17)15-7-6-10-22-13-15)14-25(2)18(26)12-20(27)8-4-3-5-9-20/h11,15,22,27H,3-10,12-14H2,1-2H3,(H,21,23,24)/t15-/m1/s1. The Bertz CT molecular complexity index is 639. The highest BCUT2D eigenvalue weighted by Crippen LogP contribution is 2.31. The summed E-state index contributed by atoms with van der Waals surface area (Å²) in [4.78, 5) is 23.7. The number of carbonyl (C=O) groups excluding carboxylic acids is 1. The van der Waals surface area contributed by atoms with Crippen LogP contribution in [0.15, 0.2) is 6.07 Å². The molecule has 1 aliphatic carbocycles. The smallest absolute Gasteiger partial charge is 0.225 e. The van der Waals surface area contributed by atoms with E-state index in [1.807, 2.05) is 13.1 Å². The van der Waals surface area contributed by atoms with Crippen molar-refractivity contribution in [2.75, 3.05) is 32.5 Å². The zero-order valence-corrected chi connectivity index (χ0v) is 16.6. The molecule has 1 saturated carbocycles. The largest absolute Gasteiger partial charge is 0.389 e. The Balaban J connectivity index is 1.67. The second-order valence-electron chi connectivity index (χ2n) is 8.11. The van der Waals surface area contributed by atoms with E-state index in [1.165, 1.54) is 0 Å². The highest BCUT2D eigenvalue weighted by Gasteiger charge is 2.32. The van der Waals surface area contributed by atoms with Gasteiger partial charge in [-0.15, -0.1) is 0 Å². The Morgan fingerprint density at radius 2 is 2.11 bits per heavy atom. The zero-order chi connectivity index (χ0) is 19.3. The predicted molar refractivity (Wildman–Crippen MR) is 106 cm³/mol.